The Morgan fingerprint density at radius 3 is 2.60 bits per heavy atom. The highest BCUT2D eigenvalue weighted by molar-refractivity contribution is 5.89. The Labute approximate surface area is 236 Å². The fourth-order valence-corrected chi connectivity index (χ4v) is 5.53. The van der Waals surface area contributed by atoms with Crippen LogP contribution in [0.1, 0.15) is 53.9 Å². The van der Waals surface area contributed by atoms with E-state index in [9.17, 15) is 9.90 Å². The van der Waals surface area contributed by atoms with E-state index in [-0.39, 0.29) is 24.8 Å². The molecule has 40 heavy (non-hydrogen) atoms. The number of aliphatic hydroxyl groups excluding tert-OH is 1. The van der Waals surface area contributed by atoms with Crippen molar-refractivity contribution in [1.29, 1.82) is 0 Å². The maximum Gasteiger partial charge on any atom is 0.319 e. The third-order valence-electron chi connectivity index (χ3n) is 7.62. The van der Waals surface area contributed by atoms with E-state index in [1.807, 2.05) is 78.9 Å². The fourth-order valence-electron chi connectivity index (χ4n) is 5.53. The fraction of sp³-hybridized carbons (Fsp3) is 0.406. The average molecular weight is 546 g/mol. The van der Waals surface area contributed by atoms with E-state index in [0.717, 1.165) is 61.2 Å². The summed E-state index contributed by atoms with van der Waals surface area (Å²) in [5.41, 5.74) is 4.47. The first kappa shape index (κ1) is 28.3. The van der Waals surface area contributed by atoms with Gasteiger partial charge in [-0.1, -0.05) is 66.7 Å². The van der Waals surface area contributed by atoms with Crippen LogP contribution >= 0.6 is 0 Å². The van der Waals surface area contributed by atoms with Gasteiger partial charge in [-0.2, -0.15) is 0 Å². The molecule has 2 heterocycles. The van der Waals surface area contributed by atoms with Gasteiger partial charge in [0.1, 0.15) is 0 Å². The zero-order chi connectivity index (χ0) is 27.7. The number of methoxy groups -OCH3 is 1. The third-order valence-corrected chi connectivity index (χ3v) is 7.62. The number of rotatable bonds is 10. The van der Waals surface area contributed by atoms with E-state index in [2.05, 4.69) is 15.5 Å². The summed E-state index contributed by atoms with van der Waals surface area (Å²) in [7, 11) is 1.76. The van der Waals surface area contributed by atoms with E-state index >= 15 is 0 Å². The molecule has 8 heteroatoms. The summed E-state index contributed by atoms with van der Waals surface area (Å²) in [4.78, 5) is 15.0. The van der Waals surface area contributed by atoms with E-state index in [4.69, 9.17) is 14.2 Å². The van der Waals surface area contributed by atoms with Gasteiger partial charge in [-0.25, -0.2) is 4.79 Å². The lowest BCUT2D eigenvalue weighted by Crippen LogP contribution is -2.42. The summed E-state index contributed by atoms with van der Waals surface area (Å²) in [6.07, 6.45) is 2.24. The molecule has 2 aliphatic rings. The molecule has 0 spiro atoms. The predicted molar refractivity (Wildman–Crippen MR) is 154 cm³/mol. The van der Waals surface area contributed by atoms with Crippen LogP contribution in [-0.2, 0) is 27.4 Å². The molecule has 2 aliphatic heterocycles. The minimum absolute atomic E-state index is 0.00866. The minimum Gasteiger partial charge on any atom is -0.392 e. The van der Waals surface area contributed by atoms with Gasteiger partial charge in [0, 0.05) is 43.9 Å². The maximum atomic E-state index is 12.6. The highest BCUT2D eigenvalue weighted by atomic mass is 16.7. The van der Waals surface area contributed by atoms with Gasteiger partial charge in [0.2, 0.25) is 0 Å². The number of ether oxygens (including phenoxy) is 3. The molecule has 4 atom stereocenters. The Kier molecular flexibility index (Phi) is 9.81. The minimum atomic E-state index is -0.584. The Bertz CT molecular complexity index is 1220. The van der Waals surface area contributed by atoms with E-state index in [1.54, 1.807) is 7.11 Å². The summed E-state index contributed by atoms with van der Waals surface area (Å²) >= 11 is 0. The van der Waals surface area contributed by atoms with Gasteiger partial charge >= 0.3 is 6.03 Å². The molecule has 212 valence electrons. The van der Waals surface area contributed by atoms with E-state index in [1.165, 1.54) is 0 Å². The smallest absolute Gasteiger partial charge is 0.319 e. The van der Waals surface area contributed by atoms with Crippen LogP contribution in [0.15, 0.2) is 78.9 Å². The normalized spacial score (nSPS) is 23.1. The van der Waals surface area contributed by atoms with Gasteiger partial charge in [-0.05, 0) is 48.2 Å². The number of likely N-dealkylation sites (tertiary alicyclic amines) is 1. The molecule has 0 aromatic heterocycles. The van der Waals surface area contributed by atoms with Crippen LogP contribution in [0.4, 0.5) is 10.5 Å². The molecule has 0 bridgehead atoms. The second kappa shape index (κ2) is 13.9. The molecule has 5 rings (SSSR count). The number of carbonyl (C=O) groups excluding carboxylic acids is 1. The Hall–Kier alpha value is -3.27. The number of nitrogens with one attached hydrogen (secondary N) is 2. The largest absolute Gasteiger partial charge is 0.392 e. The van der Waals surface area contributed by atoms with Crippen molar-refractivity contribution in [3.05, 3.63) is 101 Å². The zero-order valence-electron chi connectivity index (χ0n) is 23.0. The van der Waals surface area contributed by atoms with Crippen molar-refractivity contribution >= 4 is 11.7 Å². The van der Waals surface area contributed by atoms with Crippen molar-refractivity contribution < 1.29 is 24.1 Å². The first-order valence-corrected chi connectivity index (χ1v) is 14.0. The van der Waals surface area contributed by atoms with Crippen LogP contribution in [0.25, 0.3) is 0 Å². The van der Waals surface area contributed by atoms with Gasteiger partial charge in [-0.3, -0.25) is 4.90 Å². The number of anilines is 1. The number of hydrogen-bond acceptors (Lipinski definition) is 6. The molecular weight excluding hydrogens is 506 g/mol. The van der Waals surface area contributed by atoms with Gasteiger partial charge in [0.05, 0.1) is 25.4 Å². The number of carbonyl (C=O) groups is 1. The van der Waals surface area contributed by atoms with Crippen LogP contribution in [0.3, 0.4) is 0 Å². The molecule has 0 saturated carbocycles. The number of aliphatic hydroxyl groups is 1. The number of benzene rings is 3. The van der Waals surface area contributed by atoms with Gasteiger partial charge in [0.15, 0.2) is 6.29 Å². The standard InChI is InChI=1S/C32H39N3O5/c1-38-22-28-11-6-16-35(28)20-29-18-30(25-14-12-24(21-36)13-15-25)40-31(39-29)26-9-5-10-27(17-26)34-32(37)33-19-23-7-3-2-4-8-23/h2-5,7-10,12-15,17,28-31,36H,6,11,16,18-22H2,1H3,(H2,33,34,37). The Morgan fingerprint density at radius 2 is 1.82 bits per heavy atom. The molecule has 3 N–H and O–H groups in total. The van der Waals surface area contributed by atoms with Crippen molar-refractivity contribution in [3.63, 3.8) is 0 Å². The van der Waals surface area contributed by atoms with Gasteiger partial charge in [-0.15, -0.1) is 0 Å². The molecule has 2 fully saturated rings. The highest BCUT2D eigenvalue weighted by Crippen LogP contribution is 2.39. The number of amides is 2. The summed E-state index contributed by atoms with van der Waals surface area (Å²) in [5, 5.41) is 15.3. The monoisotopic (exact) mass is 545 g/mol. The van der Waals surface area contributed by atoms with E-state index < -0.39 is 6.29 Å². The van der Waals surface area contributed by atoms with Crippen molar-refractivity contribution in [3.8, 4) is 0 Å². The lowest BCUT2D eigenvalue weighted by Gasteiger charge is -2.39. The van der Waals surface area contributed by atoms with Crippen molar-refractivity contribution in [2.75, 3.05) is 32.1 Å². The first-order valence-electron chi connectivity index (χ1n) is 14.0. The molecule has 3 aromatic rings. The summed E-state index contributed by atoms with van der Waals surface area (Å²) in [6, 6.07) is 25.5. The summed E-state index contributed by atoms with van der Waals surface area (Å²) < 4.78 is 18.5. The Balaban J connectivity index is 1.29. The number of hydrogen-bond donors (Lipinski definition) is 3. The molecule has 3 aromatic carbocycles. The Morgan fingerprint density at radius 1 is 1.00 bits per heavy atom. The summed E-state index contributed by atoms with van der Waals surface area (Å²) in [5.74, 6) is 0. The third kappa shape index (κ3) is 7.47. The van der Waals surface area contributed by atoms with Crippen molar-refractivity contribution in [2.45, 2.75) is 57.0 Å². The molecule has 0 aliphatic carbocycles. The lowest BCUT2D eigenvalue weighted by atomic mass is 9.99. The predicted octanol–water partition coefficient (Wildman–Crippen LogP) is 5.16. The average Bonchev–Trinajstić information content (AvgIpc) is 3.43. The van der Waals surface area contributed by atoms with E-state index in [0.29, 0.717) is 18.3 Å². The molecule has 2 amide bonds. The topological polar surface area (TPSA) is 92.3 Å². The van der Waals surface area contributed by atoms with Crippen molar-refractivity contribution in [2.24, 2.45) is 0 Å². The molecule has 0 radical (unpaired) electrons. The van der Waals surface area contributed by atoms with Crippen LogP contribution in [-0.4, -0.2) is 55.0 Å². The van der Waals surface area contributed by atoms with Crippen LogP contribution in [0, 0.1) is 0 Å². The molecular formula is C32H39N3O5. The second-order valence-corrected chi connectivity index (χ2v) is 10.5. The second-order valence-electron chi connectivity index (χ2n) is 10.5. The van der Waals surface area contributed by atoms with Crippen LogP contribution in [0.2, 0.25) is 0 Å². The molecule has 2 saturated heterocycles. The lowest BCUT2D eigenvalue weighted by molar-refractivity contribution is -0.253. The quantitative estimate of drug-likeness (QED) is 0.326. The number of urea groups is 1. The molecule has 8 nitrogen and oxygen atoms in total. The zero-order valence-corrected chi connectivity index (χ0v) is 23.0. The first-order chi connectivity index (χ1) is 19.6. The molecule has 4 unspecified atom stereocenters. The highest BCUT2D eigenvalue weighted by Gasteiger charge is 2.35. The van der Waals surface area contributed by atoms with Crippen molar-refractivity contribution in [1.82, 2.24) is 10.2 Å². The number of nitrogens with zero attached hydrogens (tertiary/aromatic N) is 1. The van der Waals surface area contributed by atoms with Crippen LogP contribution < -0.4 is 10.6 Å². The van der Waals surface area contributed by atoms with Gasteiger partial charge < -0.3 is 30.0 Å². The summed E-state index contributed by atoms with van der Waals surface area (Å²) in [6.45, 7) is 3.01. The maximum absolute atomic E-state index is 12.6. The van der Waals surface area contributed by atoms with Gasteiger partial charge in [0.25, 0.3) is 0 Å². The SMILES string of the molecule is COCC1CCCN1CC1CC(c2ccc(CO)cc2)OC(c2cccc(NC(=O)NCc3ccccc3)c2)O1. The van der Waals surface area contributed by atoms with Crippen LogP contribution in [0.5, 0.6) is 0 Å².